The molecule has 2 aromatic carbocycles. The number of hydrogen-bond donors (Lipinski definition) is 0. The van der Waals surface area contributed by atoms with E-state index in [4.69, 9.17) is 4.74 Å². The van der Waals surface area contributed by atoms with Gasteiger partial charge in [0.1, 0.15) is 11.6 Å². The third-order valence-electron chi connectivity index (χ3n) is 4.05. The summed E-state index contributed by atoms with van der Waals surface area (Å²) in [5, 5.41) is 9.37. The van der Waals surface area contributed by atoms with Crippen LogP contribution in [0.25, 0.3) is 0 Å². The molecule has 3 aromatic rings. The van der Waals surface area contributed by atoms with Crippen LogP contribution in [0.3, 0.4) is 0 Å². The summed E-state index contributed by atoms with van der Waals surface area (Å²) >= 11 is 1.41. The molecule has 0 bridgehead atoms. The van der Waals surface area contributed by atoms with Gasteiger partial charge in [-0.25, -0.2) is 0 Å². The topological polar surface area (TPSA) is 57.0 Å². The molecule has 0 aliphatic heterocycles. The Hall–Kier alpha value is -2.60. The number of nitrogens with zero attached hydrogens (tertiary/aromatic N) is 3. The largest absolute Gasteiger partial charge is 0.496 e. The van der Waals surface area contributed by atoms with Crippen molar-refractivity contribution in [2.45, 2.75) is 25.0 Å². The first kappa shape index (κ1) is 18.2. The molecule has 6 heteroatoms. The van der Waals surface area contributed by atoms with Crippen LogP contribution in [-0.4, -0.2) is 33.4 Å². The molecule has 1 aromatic heterocycles. The van der Waals surface area contributed by atoms with E-state index in [1.54, 1.807) is 19.2 Å². The van der Waals surface area contributed by atoms with Crippen molar-refractivity contribution < 1.29 is 9.53 Å². The zero-order chi connectivity index (χ0) is 18.4. The van der Waals surface area contributed by atoms with Crippen molar-refractivity contribution in [3.63, 3.8) is 0 Å². The number of aromatic nitrogens is 3. The Balaban J connectivity index is 1.71. The fourth-order valence-corrected chi connectivity index (χ4v) is 3.64. The average Bonchev–Trinajstić information content (AvgIpc) is 3.08. The van der Waals surface area contributed by atoms with Gasteiger partial charge in [-0.1, -0.05) is 54.2 Å². The Morgan fingerprint density at radius 3 is 2.54 bits per heavy atom. The number of ether oxygens (including phenoxy) is 1. The van der Waals surface area contributed by atoms with Crippen LogP contribution < -0.4 is 4.74 Å². The van der Waals surface area contributed by atoms with E-state index in [0.717, 1.165) is 23.9 Å². The number of carbonyl (C=O) groups excluding carboxylic acids is 1. The Morgan fingerprint density at radius 2 is 1.81 bits per heavy atom. The quantitative estimate of drug-likeness (QED) is 0.447. The molecule has 26 heavy (non-hydrogen) atoms. The summed E-state index contributed by atoms with van der Waals surface area (Å²) in [6.45, 7) is 2.82. The normalized spacial score (nSPS) is 10.7. The molecule has 0 aliphatic rings. The van der Waals surface area contributed by atoms with E-state index < -0.39 is 0 Å². The van der Waals surface area contributed by atoms with Gasteiger partial charge in [-0.05, 0) is 24.6 Å². The molecule has 0 saturated heterocycles. The van der Waals surface area contributed by atoms with Gasteiger partial charge < -0.3 is 9.30 Å². The van der Waals surface area contributed by atoms with Gasteiger partial charge in [0.25, 0.3) is 0 Å². The number of rotatable bonds is 8. The van der Waals surface area contributed by atoms with Gasteiger partial charge in [0, 0.05) is 13.0 Å². The third kappa shape index (κ3) is 4.14. The van der Waals surface area contributed by atoms with E-state index in [-0.39, 0.29) is 5.78 Å². The Kier molecular flexibility index (Phi) is 6.07. The number of benzene rings is 2. The van der Waals surface area contributed by atoms with Crippen LogP contribution in [0.1, 0.15) is 28.7 Å². The molecule has 0 amide bonds. The summed E-state index contributed by atoms with van der Waals surface area (Å²) in [5.41, 5.74) is 1.78. The second kappa shape index (κ2) is 8.67. The number of thioether (sulfide) groups is 1. The predicted octanol–water partition coefficient (Wildman–Crippen LogP) is 3.87. The highest BCUT2D eigenvalue weighted by atomic mass is 32.2. The summed E-state index contributed by atoms with van der Waals surface area (Å²) in [4.78, 5) is 12.5. The molecule has 134 valence electrons. The fraction of sp³-hybridized carbons (Fsp3) is 0.250. The van der Waals surface area contributed by atoms with Gasteiger partial charge >= 0.3 is 0 Å². The zero-order valence-electron chi connectivity index (χ0n) is 14.9. The number of carbonyl (C=O) groups is 1. The fourth-order valence-electron chi connectivity index (χ4n) is 2.74. The van der Waals surface area contributed by atoms with E-state index in [1.807, 2.05) is 30.3 Å². The molecule has 0 aliphatic carbocycles. The average molecular weight is 367 g/mol. The van der Waals surface area contributed by atoms with Crippen LogP contribution in [0.15, 0.2) is 59.8 Å². The summed E-state index contributed by atoms with van der Waals surface area (Å²) < 4.78 is 7.33. The molecular formula is C20H21N3O2S. The van der Waals surface area contributed by atoms with Gasteiger partial charge in [-0.2, -0.15) is 0 Å². The second-order valence-electron chi connectivity index (χ2n) is 5.72. The number of hydrogen-bond acceptors (Lipinski definition) is 5. The first-order valence-electron chi connectivity index (χ1n) is 8.48. The van der Waals surface area contributed by atoms with Crippen molar-refractivity contribution in [1.29, 1.82) is 0 Å². The molecule has 5 nitrogen and oxygen atoms in total. The van der Waals surface area contributed by atoms with Crippen molar-refractivity contribution in [1.82, 2.24) is 14.8 Å². The monoisotopic (exact) mass is 367 g/mol. The molecule has 1 heterocycles. The number of Topliss-reactive ketones (excluding diaryl/α,β-unsaturated/α-hetero) is 1. The van der Waals surface area contributed by atoms with Crippen molar-refractivity contribution in [2.24, 2.45) is 0 Å². The standard InChI is InChI=1S/C20H21N3O2S/c1-3-23-19(13-15-9-5-4-6-10-15)21-22-20(23)26-14-17(24)16-11-7-8-12-18(16)25-2/h4-12H,3,13-14H2,1-2H3. The maximum Gasteiger partial charge on any atom is 0.191 e. The van der Waals surface area contributed by atoms with Crippen LogP contribution in [0.2, 0.25) is 0 Å². The highest BCUT2D eigenvalue weighted by Gasteiger charge is 2.16. The van der Waals surface area contributed by atoms with Gasteiger partial charge in [0.05, 0.1) is 18.4 Å². The zero-order valence-corrected chi connectivity index (χ0v) is 15.7. The second-order valence-corrected chi connectivity index (χ2v) is 6.66. The predicted molar refractivity (Wildman–Crippen MR) is 103 cm³/mol. The molecule has 0 unspecified atom stereocenters. The highest BCUT2D eigenvalue weighted by Crippen LogP contribution is 2.23. The summed E-state index contributed by atoms with van der Waals surface area (Å²) in [6.07, 6.45) is 0.725. The molecule has 0 spiro atoms. The van der Waals surface area contributed by atoms with E-state index in [2.05, 4.69) is 33.8 Å². The Morgan fingerprint density at radius 1 is 1.08 bits per heavy atom. The molecular weight excluding hydrogens is 346 g/mol. The van der Waals surface area contributed by atoms with Crippen molar-refractivity contribution >= 4 is 17.5 Å². The van der Waals surface area contributed by atoms with Crippen LogP contribution >= 0.6 is 11.8 Å². The lowest BCUT2D eigenvalue weighted by Crippen LogP contribution is -2.07. The lowest BCUT2D eigenvalue weighted by Gasteiger charge is -2.08. The molecule has 0 N–H and O–H groups in total. The van der Waals surface area contributed by atoms with E-state index in [9.17, 15) is 4.79 Å². The minimum atomic E-state index is 0.0164. The molecule has 0 saturated carbocycles. The lowest BCUT2D eigenvalue weighted by molar-refractivity contribution is 0.101. The number of para-hydroxylation sites is 1. The number of ketones is 1. The van der Waals surface area contributed by atoms with Crippen molar-refractivity contribution in [2.75, 3.05) is 12.9 Å². The molecule has 0 atom stereocenters. The Labute approximate surface area is 157 Å². The molecule has 0 fully saturated rings. The summed E-state index contributed by atoms with van der Waals surface area (Å²) in [5.74, 6) is 1.82. The number of methoxy groups -OCH3 is 1. The highest BCUT2D eigenvalue weighted by molar-refractivity contribution is 7.99. The smallest absolute Gasteiger partial charge is 0.191 e. The maximum atomic E-state index is 12.5. The SMILES string of the molecule is CCn1c(Cc2ccccc2)nnc1SCC(=O)c1ccccc1OC. The van der Waals surface area contributed by atoms with Crippen molar-refractivity contribution in [3.05, 3.63) is 71.5 Å². The van der Waals surface area contributed by atoms with Gasteiger partial charge in [-0.15, -0.1) is 10.2 Å². The van der Waals surface area contributed by atoms with Crippen LogP contribution in [0, 0.1) is 0 Å². The van der Waals surface area contributed by atoms with Crippen LogP contribution in [0.5, 0.6) is 5.75 Å². The van der Waals surface area contributed by atoms with Crippen LogP contribution in [0.4, 0.5) is 0 Å². The van der Waals surface area contributed by atoms with Crippen LogP contribution in [-0.2, 0) is 13.0 Å². The van der Waals surface area contributed by atoms with Crippen molar-refractivity contribution in [3.8, 4) is 5.75 Å². The minimum absolute atomic E-state index is 0.0164. The van der Waals surface area contributed by atoms with E-state index in [1.165, 1.54) is 17.3 Å². The molecule has 0 radical (unpaired) electrons. The Bertz CT molecular complexity index is 878. The van der Waals surface area contributed by atoms with Gasteiger partial charge in [0.2, 0.25) is 0 Å². The van der Waals surface area contributed by atoms with Gasteiger partial charge in [-0.3, -0.25) is 4.79 Å². The molecule has 3 rings (SSSR count). The van der Waals surface area contributed by atoms with E-state index >= 15 is 0 Å². The minimum Gasteiger partial charge on any atom is -0.496 e. The van der Waals surface area contributed by atoms with E-state index in [0.29, 0.717) is 17.1 Å². The first-order valence-corrected chi connectivity index (χ1v) is 9.46. The lowest BCUT2D eigenvalue weighted by atomic mass is 10.1. The van der Waals surface area contributed by atoms with Gasteiger partial charge in [0.15, 0.2) is 10.9 Å². The first-order chi connectivity index (χ1) is 12.7. The summed E-state index contributed by atoms with van der Waals surface area (Å²) in [7, 11) is 1.57. The maximum absolute atomic E-state index is 12.5. The third-order valence-corrected chi connectivity index (χ3v) is 5.02. The summed E-state index contributed by atoms with van der Waals surface area (Å²) in [6, 6.07) is 17.5.